The third-order valence-electron chi connectivity index (χ3n) is 2.74. The van der Waals surface area contributed by atoms with Gasteiger partial charge < -0.3 is 17.2 Å². The Balaban J connectivity index is -0.000000195. The van der Waals surface area contributed by atoms with Crippen molar-refractivity contribution in [1.29, 1.82) is 0 Å². The molecule has 0 spiro atoms. The molecule has 3 heteroatoms. The van der Waals surface area contributed by atoms with Crippen LogP contribution in [0.5, 0.6) is 0 Å². The van der Waals surface area contributed by atoms with Crippen molar-refractivity contribution in [2.24, 2.45) is 5.92 Å². The molecule has 0 radical (unpaired) electrons. The first-order valence-electron chi connectivity index (χ1n) is 5.93. The third kappa shape index (κ3) is 11.0. The van der Waals surface area contributed by atoms with Crippen LogP contribution in [0.4, 0.5) is 0 Å². The first-order valence-corrected chi connectivity index (χ1v) is 5.93. The van der Waals surface area contributed by atoms with Gasteiger partial charge in [0.15, 0.2) is 0 Å². The first kappa shape index (κ1) is 20.3. The number of rotatable bonds is 3. The van der Waals surface area contributed by atoms with Gasteiger partial charge in [0, 0.05) is 6.54 Å². The van der Waals surface area contributed by atoms with Crippen molar-refractivity contribution < 1.29 is 0 Å². The molecule has 0 N–H and O–H groups in total. The predicted octanol–water partition coefficient (Wildman–Crippen LogP) is 2.76. The van der Waals surface area contributed by atoms with Crippen molar-refractivity contribution in [2.75, 3.05) is 40.8 Å². The van der Waals surface area contributed by atoms with Gasteiger partial charge in [0.25, 0.3) is 0 Å². The summed E-state index contributed by atoms with van der Waals surface area (Å²) in [5.41, 5.74) is 0. The Hall–Kier alpha value is -1.08. The number of nitrogens with zero attached hydrogens (tertiary/aromatic N) is 2. The van der Waals surface area contributed by atoms with E-state index in [9.17, 15) is 0 Å². The molecular formula is C13H31N2Rf-. The van der Waals surface area contributed by atoms with E-state index in [-0.39, 0.29) is 7.43 Å². The molecule has 0 aromatic rings. The van der Waals surface area contributed by atoms with Crippen LogP contribution in [0.1, 0.15) is 33.1 Å². The summed E-state index contributed by atoms with van der Waals surface area (Å²) in [5.74, 6) is 1.000. The molecule has 0 aliphatic carbocycles. The maximum absolute atomic E-state index is 2.41. The van der Waals surface area contributed by atoms with Crippen molar-refractivity contribution >= 4 is 0 Å². The van der Waals surface area contributed by atoms with E-state index < -0.39 is 0 Å². The summed E-state index contributed by atoms with van der Waals surface area (Å²) in [4.78, 5) is 4.59. The molecule has 1 aliphatic rings. The molecule has 96 valence electrons. The monoisotopic (exact) mass is 482 g/mol. The summed E-state index contributed by atoms with van der Waals surface area (Å²) < 4.78 is 0. The molecule has 1 heterocycles. The van der Waals surface area contributed by atoms with Crippen molar-refractivity contribution in [2.45, 2.75) is 33.1 Å². The zero-order valence-corrected chi connectivity index (χ0v) is 18.8. The fourth-order valence-corrected chi connectivity index (χ4v) is 1.81. The molecular weight excluding hydrogens is 451 g/mol. The topological polar surface area (TPSA) is 6.48 Å². The fourth-order valence-electron chi connectivity index (χ4n) is 1.81. The van der Waals surface area contributed by atoms with Crippen LogP contribution >= 0.6 is 0 Å². The summed E-state index contributed by atoms with van der Waals surface area (Å²) in [5, 5.41) is 0. The van der Waals surface area contributed by atoms with Crippen molar-refractivity contribution in [1.82, 2.24) is 9.80 Å². The molecule has 0 amide bonds. The third-order valence-corrected chi connectivity index (χ3v) is 2.74. The summed E-state index contributed by atoms with van der Waals surface area (Å²) in [6.45, 7) is 8.32. The summed E-state index contributed by atoms with van der Waals surface area (Å²) in [6, 6.07) is 0. The second-order valence-electron chi connectivity index (χ2n) is 4.63. The van der Waals surface area contributed by atoms with Gasteiger partial charge in [-0.3, -0.25) is 0 Å². The Morgan fingerprint density at radius 2 is 1.81 bits per heavy atom. The quantitative estimate of drug-likeness (QED) is 0.571. The van der Waals surface area contributed by atoms with Crippen LogP contribution in [-0.2, 0) is 0 Å². The van der Waals surface area contributed by atoms with Gasteiger partial charge in [-0.2, -0.15) is 0 Å². The number of hydrogen-bond donors (Lipinski definition) is 0. The average Bonchev–Trinajstić information content (AvgIpc) is 2.52. The van der Waals surface area contributed by atoms with Gasteiger partial charge in [-0.1, -0.05) is 20.3 Å². The Bertz CT molecular complexity index is 129. The van der Waals surface area contributed by atoms with Crippen LogP contribution in [0, 0.1) is 13.3 Å². The second-order valence-corrected chi connectivity index (χ2v) is 4.63. The van der Waals surface area contributed by atoms with Crippen LogP contribution in [0.25, 0.3) is 0 Å². The summed E-state index contributed by atoms with van der Waals surface area (Å²) in [6.07, 6.45) is 4.05. The van der Waals surface area contributed by atoms with Crippen LogP contribution in [0.2, 0.25) is 0 Å². The van der Waals surface area contributed by atoms with Crippen LogP contribution in [0.15, 0.2) is 0 Å². The van der Waals surface area contributed by atoms with Gasteiger partial charge >= 0.3 is 0 Å². The van der Waals surface area contributed by atoms with Crippen molar-refractivity contribution in [3.63, 3.8) is 0 Å². The summed E-state index contributed by atoms with van der Waals surface area (Å²) in [7, 11) is 6.38. The molecule has 2 nitrogen and oxygen atoms in total. The number of hydrogen-bond acceptors (Lipinski definition) is 2. The SMILES string of the molecule is CCC1CCN(C)C1.CCCN(C)C.[CH3-].[Rf]. The molecule has 0 aromatic carbocycles. The fraction of sp³-hybridized carbons (Fsp3) is 0.923. The van der Waals surface area contributed by atoms with E-state index in [0.29, 0.717) is 0 Å². The molecule has 1 fully saturated rings. The molecule has 1 rings (SSSR count). The minimum atomic E-state index is 0. The zero-order chi connectivity index (χ0) is 11.0. The second kappa shape index (κ2) is 12.0. The standard InChI is InChI=1S/C7H15N.C5H13N.CH3.Rf/c1-3-7-4-5-8(2)6-7;1-4-5-6(2)3;;/h7H,3-6H2,1-2H3;4-5H2,1-3H3;1H3;/q;;-1;. The Morgan fingerprint density at radius 1 is 1.25 bits per heavy atom. The minimum absolute atomic E-state index is 0. The molecule has 0 aromatic heterocycles. The number of likely N-dealkylation sites (tertiary alicyclic amines) is 1. The van der Waals surface area contributed by atoms with E-state index in [1.807, 2.05) is 0 Å². The normalized spacial score (nSPS) is 19.5. The Kier molecular flexibility index (Phi) is 15.2. The molecule has 1 aliphatic heterocycles. The average molecular weight is 482 g/mol. The van der Waals surface area contributed by atoms with Crippen molar-refractivity contribution in [3.05, 3.63) is 7.43 Å². The molecule has 0 saturated carbocycles. The van der Waals surface area contributed by atoms with Crippen LogP contribution in [0.3, 0.4) is 0 Å². The predicted molar refractivity (Wildman–Crippen MR) is 71.2 cm³/mol. The maximum atomic E-state index is 2.41. The van der Waals surface area contributed by atoms with Crippen LogP contribution in [-0.4, -0.2) is 50.6 Å². The molecule has 1 unspecified atom stereocenters. The minimum Gasteiger partial charge on any atom is -0.358 e. The maximum Gasteiger partial charge on any atom is 0.000698 e. The van der Waals surface area contributed by atoms with Crippen LogP contribution < -0.4 is 0 Å². The Morgan fingerprint density at radius 3 is 1.94 bits per heavy atom. The van der Waals surface area contributed by atoms with Gasteiger partial charge in [0.2, 0.25) is 0 Å². The van der Waals surface area contributed by atoms with Gasteiger partial charge in [-0.15, -0.1) is 0 Å². The molecule has 1 saturated heterocycles. The van der Waals surface area contributed by atoms with Gasteiger partial charge in [0.1, 0.15) is 0 Å². The molecule has 16 heavy (non-hydrogen) atoms. The van der Waals surface area contributed by atoms with Gasteiger partial charge in [0.05, 0.1) is 0 Å². The van der Waals surface area contributed by atoms with Gasteiger partial charge in [-0.25, -0.2) is 0 Å². The van der Waals surface area contributed by atoms with E-state index in [2.05, 4.69) is 44.8 Å². The largest absolute Gasteiger partial charge is 0.358 e. The van der Waals surface area contributed by atoms with Gasteiger partial charge in [-0.05, 0) is 53.0 Å². The van der Waals surface area contributed by atoms with E-state index >= 15 is 0 Å². The van der Waals surface area contributed by atoms with E-state index in [1.165, 1.54) is 38.9 Å². The van der Waals surface area contributed by atoms with E-state index in [0.717, 1.165) is 5.92 Å². The Labute approximate surface area is 97.6 Å². The summed E-state index contributed by atoms with van der Waals surface area (Å²) >= 11 is 0. The zero-order valence-electron chi connectivity index (χ0n) is 12.4. The van der Waals surface area contributed by atoms with E-state index in [4.69, 9.17) is 0 Å². The smallest absolute Gasteiger partial charge is 0.000698 e. The molecule has 1 atom stereocenters. The van der Waals surface area contributed by atoms with E-state index in [1.54, 1.807) is 0 Å². The van der Waals surface area contributed by atoms with Crippen molar-refractivity contribution in [3.8, 4) is 0 Å². The molecule has 0 bridgehead atoms. The first-order chi connectivity index (χ1) is 6.60.